The maximum absolute atomic E-state index is 9.67. The molecular formula is C16H28N4O2. The summed E-state index contributed by atoms with van der Waals surface area (Å²) in [7, 11) is 0. The van der Waals surface area contributed by atoms with Crippen LogP contribution in [0.5, 0.6) is 0 Å². The van der Waals surface area contributed by atoms with E-state index < -0.39 is 0 Å². The number of hydrogen-bond donors (Lipinski definition) is 2. The van der Waals surface area contributed by atoms with Gasteiger partial charge in [0, 0.05) is 31.6 Å². The van der Waals surface area contributed by atoms with Gasteiger partial charge in [-0.1, -0.05) is 19.0 Å². The highest BCUT2D eigenvalue weighted by Crippen LogP contribution is 2.22. The number of β-amino-alcohol motifs (C(OH)–C–C–N with tert-alkyl or cyclic N) is 1. The molecule has 0 saturated carbocycles. The molecule has 1 aliphatic rings. The summed E-state index contributed by atoms with van der Waals surface area (Å²) in [5.41, 5.74) is 1.02. The number of rotatable bonds is 6. The third kappa shape index (κ3) is 4.22. The van der Waals surface area contributed by atoms with Crippen LogP contribution in [0.1, 0.15) is 57.4 Å². The van der Waals surface area contributed by atoms with E-state index in [0.717, 1.165) is 49.8 Å². The molecule has 1 atom stereocenters. The fourth-order valence-corrected chi connectivity index (χ4v) is 2.82. The van der Waals surface area contributed by atoms with Crippen molar-refractivity contribution in [3.63, 3.8) is 0 Å². The molecular weight excluding hydrogens is 280 g/mol. The van der Waals surface area contributed by atoms with E-state index in [4.69, 9.17) is 4.52 Å². The largest absolute Gasteiger partial charge is 0.391 e. The zero-order chi connectivity index (χ0) is 15.9. The van der Waals surface area contributed by atoms with Gasteiger partial charge < -0.3 is 19.8 Å². The molecule has 0 radical (unpaired) electrons. The summed E-state index contributed by atoms with van der Waals surface area (Å²) in [6.45, 7) is 9.14. The number of hydrogen-bond acceptors (Lipinski definition) is 4. The highest BCUT2D eigenvalue weighted by Gasteiger charge is 2.23. The molecule has 2 rings (SSSR count). The lowest BCUT2D eigenvalue weighted by Gasteiger charge is -2.20. The fourth-order valence-electron chi connectivity index (χ4n) is 2.82. The number of aliphatic imine (C=N–C) groups is 1. The third-order valence-electron chi connectivity index (χ3n) is 4.16. The molecule has 1 fully saturated rings. The number of aliphatic hydroxyl groups excluding tert-OH is 1. The van der Waals surface area contributed by atoms with E-state index in [1.165, 1.54) is 0 Å². The average Bonchev–Trinajstić information content (AvgIpc) is 3.14. The van der Waals surface area contributed by atoms with E-state index in [0.29, 0.717) is 19.0 Å². The van der Waals surface area contributed by atoms with E-state index in [1.54, 1.807) is 0 Å². The average molecular weight is 308 g/mol. The van der Waals surface area contributed by atoms with Crippen molar-refractivity contribution >= 4 is 5.96 Å². The van der Waals surface area contributed by atoms with Gasteiger partial charge in [0.15, 0.2) is 11.7 Å². The number of guanidine groups is 1. The second-order valence-electron chi connectivity index (χ2n) is 5.79. The Kier molecular flexibility index (Phi) is 6.24. The van der Waals surface area contributed by atoms with Gasteiger partial charge in [0.1, 0.15) is 6.54 Å². The van der Waals surface area contributed by atoms with E-state index in [-0.39, 0.29) is 6.10 Å². The van der Waals surface area contributed by atoms with Crippen molar-refractivity contribution in [1.29, 1.82) is 0 Å². The summed E-state index contributed by atoms with van der Waals surface area (Å²) in [6, 6.07) is 2.02. The van der Waals surface area contributed by atoms with Gasteiger partial charge in [0.2, 0.25) is 0 Å². The van der Waals surface area contributed by atoms with Gasteiger partial charge in [0.25, 0.3) is 0 Å². The molecule has 6 nitrogen and oxygen atoms in total. The topological polar surface area (TPSA) is 73.9 Å². The van der Waals surface area contributed by atoms with Crippen molar-refractivity contribution in [2.75, 3.05) is 19.6 Å². The second-order valence-corrected chi connectivity index (χ2v) is 5.79. The van der Waals surface area contributed by atoms with Crippen molar-refractivity contribution in [2.24, 2.45) is 4.99 Å². The molecule has 1 aliphatic heterocycles. The number of nitrogens with zero attached hydrogens (tertiary/aromatic N) is 3. The predicted molar refractivity (Wildman–Crippen MR) is 86.8 cm³/mol. The molecule has 0 amide bonds. The Hall–Kier alpha value is -1.56. The zero-order valence-electron chi connectivity index (χ0n) is 13.9. The smallest absolute Gasteiger partial charge is 0.194 e. The van der Waals surface area contributed by atoms with Crippen LogP contribution < -0.4 is 5.32 Å². The van der Waals surface area contributed by atoms with Crippen LogP contribution in [0.4, 0.5) is 0 Å². The number of aliphatic hydroxyl groups is 1. The SMILES string of the molecule is CCNC(=NCc1cc(C(CC)CC)no1)N1CC[C@@H](O)C1. The Morgan fingerprint density at radius 2 is 2.27 bits per heavy atom. The zero-order valence-corrected chi connectivity index (χ0v) is 13.9. The van der Waals surface area contributed by atoms with Crippen molar-refractivity contribution in [3.8, 4) is 0 Å². The lowest BCUT2D eigenvalue weighted by atomic mass is 9.99. The maximum atomic E-state index is 9.67. The van der Waals surface area contributed by atoms with Crippen LogP contribution in [0.15, 0.2) is 15.6 Å². The second kappa shape index (κ2) is 8.17. The molecule has 2 heterocycles. The highest BCUT2D eigenvalue weighted by molar-refractivity contribution is 5.80. The van der Waals surface area contributed by atoms with Crippen LogP contribution in [-0.2, 0) is 6.54 Å². The van der Waals surface area contributed by atoms with E-state index in [9.17, 15) is 5.11 Å². The summed E-state index contributed by atoms with van der Waals surface area (Å²) in [4.78, 5) is 6.70. The number of aromatic nitrogens is 1. The van der Waals surface area contributed by atoms with Crippen LogP contribution in [0.25, 0.3) is 0 Å². The van der Waals surface area contributed by atoms with Gasteiger partial charge in [-0.25, -0.2) is 4.99 Å². The standard InChI is InChI=1S/C16H28N4O2/c1-4-12(5-2)15-9-14(22-19-15)10-18-16(17-6-3)20-8-7-13(21)11-20/h9,12-13,21H,4-8,10-11H2,1-3H3,(H,17,18)/t13-/m1/s1. The first-order chi connectivity index (χ1) is 10.7. The molecule has 1 aromatic rings. The van der Waals surface area contributed by atoms with Crippen LogP contribution in [0.3, 0.4) is 0 Å². The Labute approximate surface area is 132 Å². The van der Waals surface area contributed by atoms with E-state index in [1.807, 2.05) is 13.0 Å². The van der Waals surface area contributed by atoms with Gasteiger partial charge in [-0.05, 0) is 26.2 Å². The Bertz CT molecular complexity index is 482. The van der Waals surface area contributed by atoms with Crippen LogP contribution >= 0.6 is 0 Å². The molecule has 22 heavy (non-hydrogen) atoms. The Morgan fingerprint density at radius 1 is 1.50 bits per heavy atom. The first-order valence-electron chi connectivity index (χ1n) is 8.34. The molecule has 1 saturated heterocycles. The van der Waals surface area contributed by atoms with E-state index in [2.05, 4.69) is 34.2 Å². The van der Waals surface area contributed by atoms with Crippen molar-refractivity contribution < 1.29 is 9.63 Å². The molecule has 2 N–H and O–H groups in total. The molecule has 6 heteroatoms. The molecule has 0 aromatic carbocycles. The van der Waals surface area contributed by atoms with Gasteiger partial charge in [0.05, 0.1) is 11.8 Å². The first-order valence-corrected chi connectivity index (χ1v) is 8.34. The van der Waals surface area contributed by atoms with Crippen molar-refractivity contribution in [1.82, 2.24) is 15.4 Å². The lowest BCUT2D eigenvalue weighted by Crippen LogP contribution is -2.40. The van der Waals surface area contributed by atoms with Crippen LogP contribution in [-0.4, -0.2) is 46.9 Å². The minimum absolute atomic E-state index is 0.254. The summed E-state index contributed by atoms with van der Waals surface area (Å²) in [5.74, 6) is 2.08. The lowest BCUT2D eigenvalue weighted by molar-refractivity contribution is 0.187. The van der Waals surface area contributed by atoms with Gasteiger partial charge >= 0.3 is 0 Å². The number of nitrogens with one attached hydrogen (secondary N) is 1. The summed E-state index contributed by atoms with van der Waals surface area (Å²) in [6.07, 6.45) is 2.68. The molecule has 0 spiro atoms. The molecule has 0 bridgehead atoms. The normalized spacial score (nSPS) is 19.2. The minimum atomic E-state index is -0.254. The van der Waals surface area contributed by atoms with Crippen molar-refractivity contribution in [3.05, 3.63) is 17.5 Å². The Balaban J connectivity index is 2.01. The van der Waals surface area contributed by atoms with Crippen molar-refractivity contribution in [2.45, 2.75) is 58.6 Å². The van der Waals surface area contributed by atoms with Gasteiger partial charge in [-0.2, -0.15) is 0 Å². The quantitative estimate of drug-likeness (QED) is 0.622. The fraction of sp³-hybridized carbons (Fsp3) is 0.750. The summed E-state index contributed by atoms with van der Waals surface area (Å²) < 4.78 is 5.41. The molecule has 124 valence electrons. The highest BCUT2D eigenvalue weighted by atomic mass is 16.5. The van der Waals surface area contributed by atoms with Gasteiger partial charge in [-0.15, -0.1) is 0 Å². The van der Waals surface area contributed by atoms with Crippen LogP contribution in [0, 0.1) is 0 Å². The molecule has 0 aliphatic carbocycles. The maximum Gasteiger partial charge on any atom is 0.194 e. The number of likely N-dealkylation sites (tertiary alicyclic amines) is 1. The first kappa shape index (κ1) is 16.8. The Morgan fingerprint density at radius 3 is 2.86 bits per heavy atom. The monoisotopic (exact) mass is 308 g/mol. The third-order valence-corrected chi connectivity index (χ3v) is 4.16. The van der Waals surface area contributed by atoms with Gasteiger partial charge in [-0.3, -0.25) is 0 Å². The summed E-state index contributed by atoms with van der Waals surface area (Å²) in [5, 5.41) is 17.1. The predicted octanol–water partition coefficient (Wildman–Crippen LogP) is 2.11. The molecule has 0 unspecified atom stereocenters. The minimum Gasteiger partial charge on any atom is -0.391 e. The van der Waals surface area contributed by atoms with E-state index >= 15 is 0 Å². The van der Waals surface area contributed by atoms with Crippen LogP contribution in [0.2, 0.25) is 0 Å². The molecule has 1 aromatic heterocycles. The summed E-state index contributed by atoms with van der Waals surface area (Å²) >= 11 is 0.